The molecule has 0 radical (unpaired) electrons. The van der Waals surface area contributed by atoms with Crippen molar-refractivity contribution in [3.63, 3.8) is 0 Å². The number of benzene rings is 9. The average Bonchev–Trinajstić information content (AvgIpc) is 3.56. The van der Waals surface area contributed by atoms with Gasteiger partial charge in [-0.05, 0) is 89.0 Å². The number of furan rings is 1. The number of hydrogen-bond acceptors (Lipinski definition) is 1. The summed E-state index contributed by atoms with van der Waals surface area (Å²) in [6.45, 7) is 0. The monoisotopic (exact) mass is 622 g/mol. The molecule has 9 aromatic carbocycles. The van der Waals surface area contributed by atoms with E-state index in [0.717, 1.165) is 21.9 Å². The number of fused-ring (bicyclic) bond motifs is 6. The molecular weight excluding hydrogens is 593 g/mol. The Morgan fingerprint density at radius 1 is 0.245 bits per heavy atom. The van der Waals surface area contributed by atoms with E-state index in [4.69, 9.17) is 4.42 Å². The highest BCUT2D eigenvalue weighted by molar-refractivity contribution is 6.25. The van der Waals surface area contributed by atoms with Gasteiger partial charge in [0.15, 0.2) is 0 Å². The second kappa shape index (κ2) is 11.1. The summed E-state index contributed by atoms with van der Waals surface area (Å²) in [5, 5.41) is 9.79. The van der Waals surface area contributed by atoms with Crippen molar-refractivity contribution in [3.05, 3.63) is 182 Å². The third-order valence-electron chi connectivity index (χ3n) is 10.1. The molecule has 0 aliphatic heterocycles. The van der Waals surface area contributed by atoms with E-state index < -0.39 is 0 Å². The lowest BCUT2D eigenvalue weighted by Crippen LogP contribution is -1.92. The molecule has 49 heavy (non-hydrogen) atoms. The quantitative estimate of drug-likeness (QED) is 0.178. The minimum Gasteiger partial charge on any atom is -0.456 e. The van der Waals surface area contributed by atoms with E-state index in [1.54, 1.807) is 0 Å². The van der Waals surface area contributed by atoms with E-state index >= 15 is 0 Å². The molecule has 10 rings (SSSR count). The van der Waals surface area contributed by atoms with E-state index in [2.05, 4.69) is 176 Å². The van der Waals surface area contributed by atoms with Gasteiger partial charge >= 0.3 is 0 Å². The summed E-state index contributed by atoms with van der Waals surface area (Å²) >= 11 is 0. The number of rotatable bonds is 4. The molecule has 1 heteroatoms. The fourth-order valence-electron chi connectivity index (χ4n) is 7.94. The van der Waals surface area contributed by atoms with Crippen molar-refractivity contribution in [2.75, 3.05) is 0 Å². The molecule has 1 aromatic heterocycles. The molecular formula is C48H30O. The van der Waals surface area contributed by atoms with Crippen LogP contribution < -0.4 is 0 Å². The zero-order valence-corrected chi connectivity index (χ0v) is 26.7. The normalized spacial score (nSPS) is 11.7. The van der Waals surface area contributed by atoms with Gasteiger partial charge in [-0.15, -0.1) is 0 Å². The average molecular weight is 623 g/mol. The molecule has 228 valence electrons. The Labute approximate surface area is 284 Å². The Balaban J connectivity index is 1.23. The molecule has 0 fully saturated rings. The summed E-state index contributed by atoms with van der Waals surface area (Å²) in [4.78, 5) is 0. The third-order valence-corrected chi connectivity index (χ3v) is 10.1. The van der Waals surface area contributed by atoms with E-state index in [1.165, 1.54) is 76.8 Å². The van der Waals surface area contributed by atoms with E-state index in [9.17, 15) is 0 Å². The van der Waals surface area contributed by atoms with Crippen LogP contribution >= 0.6 is 0 Å². The van der Waals surface area contributed by atoms with Gasteiger partial charge < -0.3 is 4.42 Å². The lowest BCUT2D eigenvalue weighted by Gasteiger charge is -2.20. The molecule has 0 atom stereocenters. The Morgan fingerprint density at radius 3 is 1.39 bits per heavy atom. The van der Waals surface area contributed by atoms with Crippen LogP contribution in [0.2, 0.25) is 0 Å². The maximum Gasteiger partial charge on any atom is 0.136 e. The Morgan fingerprint density at radius 2 is 0.714 bits per heavy atom. The third kappa shape index (κ3) is 4.33. The van der Waals surface area contributed by atoms with Crippen LogP contribution in [0.3, 0.4) is 0 Å². The molecule has 0 spiro atoms. The molecule has 1 heterocycles. The van der Waals surface area contributed by atoms with Crippen LogP contribution in [0.1, 0.15) is 0 Å². The van der Waals surface area contributed by atoms with Gasteiger partial charge in [0.05, 0.1) is 0 Å². The topological polar surface area (TPSA) is 13.1 Å². The molecule has 10 aromatic rings. The molecule has 0 aliphatic rings. The second-order valence-corrected chi connectivity index (χ2v) is 12.8. The van der Waals surface area contributed by atoms with Crippen LogP contribution in [-0.2, 0) is 0 Å². The first kappa shape index (κ1) is 27.7. The predicted octanol–water partition coefficient (Wildman–Crippen LogP) is 13.7. The van der Waals surface area contributed by atoms with Crippen LogP contribution in [-0.4, -0.2) is 0 Å². The standard InChI is InChI=1S/C48H30O/c1-2-13-31(14-3-1)32-25-27-33(28-26-32)46-38-17-6-8-19-40(38)47(41-20-9-7-18-39(41)46)42-30-29-36(34-15-4-5-16-35(34)42)37-22-12-24-45-48(37)43-21-10-11-23-44(43)49-45/h1-30H. The van der Waals surface area contributed by atoms with Crippen molar-refractivity contribution < 1.29 is 4.42 Å². The van der Waals surface area contributed by atoms with Gasteiger partial charge in [0.25, 0.3) is 0 Å². The maximum atomic E-state index is 6.29. The van der Waals surface area contributed by atoms with E-state index in [-0.39, 0.29) is 0 Å². The van der Waals surface area contributed by atoms with Crippen LogP contribution in [0.4, 0.5) is 0 Å². The first-order valence-corrected chi connectivity index (χ1v) is 16.9. The van der Waals surface area contributed by atoms with Crippen LogP contribution in [0.15, 0.2) is 186 Å². The fourth-order valence-corrected chi connectivity index (χ4v) is 7.94. The summed E-state index contributed by atoms with van der Waals surface area (Å²) < 4.78 is 6.29. The zero-order valence-electron chi connectivity index (χ0n) is 26.7. The van der Waals surface area contributed by atoms with Crippen LogP contribution in [0, 0.1) is 0 Å². The molecule has 0 bridgehead atoms. The molecule has 0 amide bonds. The maximum absolute atomic E-state index is 6.29. The van der Waals surface area contributed by atoms with E-state index in [0.29, 0.717) is 0 Å². The highest BCUT2D eigenvalue weighted by Gasteiger charge is 2.20. The summed E-state index contributed by atoms with van der Waals surface area (Å²) in [7, 11) is 0. The first-order chi connectivity index (χ1) is 24.3. The van der Waals surface area contributed by atoms with Gasteiger partial charge in [0.1, 0.15) is 11.2 Å². The molecule has 0 saturated carbocycles. The summed E-state index contributed by atoms with van der Waals surface area (Å²) in [5.74, 6) is 0. The van der Waals surface area contributed by atoms with Gasteiger partial charge in [-0.3, -0.25) is 0 Å². The predicted molar refractivity (Wildman–Crippen MR) is 208 cm³/mol. The Kier molecular flexibility index (Phi) is 6.25. The SMILES string of the molecule is c1ccc(-c2ccc(-c3c4ccccc4c(-c4ccc(-c5cccc6oc7ccccc7c56)c5ccccc45)c4ccccc34)cc2)cc1. The van der Waals surface area contributed by atoms with Crippen molar-refractivity contribution in [3.8, 4) is 44.5 Å². The van der Waals surface area contributed by atoms with Crippen molar-refractivity contribution in [2.45, 2.75) is 0 Å². The Hall–Kier alpha value is -6.44. The van der Waals surface area contributed by atoms with Crippen molar-refractivity contribution >= 4 is 54.3 Å². The minimum atomic E-state index is 0.913. The van der Waals surface area contributed by atoms with E-state index in [1.807, 2.05) is 6.07 Å². The fraction of sp³-hybridized carbons (Fsp3) is 0. The number of hydrogen-bond donors (Lipinski definition) is 0. The smallest absolute Gasteiger partial charge is 0.136 e. The van der Waals surface area contributed by atoms with Gasteiger partial charge in [-0.2, -0.15) is 0 Å². The second-order valence-electron chi connectivity index (χ2n) is 12.8. The van der Waals surface area contributed by atoms with Gasteiger partial charge in [-0.1, -0.05) is 170 Å². The van der Waals surface area contributed by atoms with Gasteiger partial charge in [-0.25, -0.2) is 0 Å². The first-order valence-electron chi connectivity index (χ1n) is 16.9. The molecule has 0 unspecified atom stereocenters. The molecule has 0 N–H and O–H groups in total. The molecule has 0 saturated heterocycles. The van der Waals surface area contributed by atoms with Crippen molar-refractivity contribution in [1.29, 1.82) is 0 Å². The molecule has 1 nitrogen and oxygen atoms in total. The highest BCUT2D eigenvalue weighted by atomic mass is 16.3. The lowest BCUT2D eigenvalue weighted by atomic mass is 9.83. The number of para-hydroxylation sites is 1. The highest BCUT2D eigenvalue weighted by Crippen LogP contribution is 2.47. The Bertz CT molecular complexity index is 2800. The van der Waals surface area contributed by atoms with Crippen LogP contribution in [0.5, 0.6) is 0 Å². The summed E-state index contributed by atoms with van der Waals surface area (Å²) in [5.41, 5.74) is 11.7. The summed E-state index contributed by atoms with van der Waals surface area (Å²) in [6.07, 6.45) is 0. The van der Waals surface area contributed by atoms with Gasteiger partial charge in [0, 0.05) is 10.8 Å². The van der Waals surface area contributed by atoms with Crippen molar-refractivity contribution in [1.82, 2.24) is 0 Å². The molecule has 0 aliphatic carbocycles. The zero-order chi connectivity index (χ0) is 32.3. The van der Waals surface area contributed by atoms with Gasteiger partial charge in [0.2, 0.25) is 0 Å². The lowest BCUT2D eigenvalue weighted by molar-refractivity contribution is 0.669. The minimum absolute atomic E-state index is 0.913. The van der Waals surface area contributed by atoms with Crippen LogP contribution in [0.25, 0.3) is 98.8 Å². The van der Waals surface area contributed by atoms with Crippen molar-refractivity contribution in [2.24, 2.45) is 0 Å². The summed E-state index contributed by atoms with van der Waals surface area (Å²) in [6, 6.07) is 65.7. The largest absolute Gasteiger partial charge is 0.456 e.